The first kappa shape index (κ1) is 14.5. The second-order valence-electron chi connectivity index (χ2n) is 5.64. The van der Waals surface area contributed by atoms with Crippen molar-refractivity contribution in [1.82, 2.24) is 19.9 Å². The van der Waals surface area contributed by atoms with Gasteiger partial charge in [-0.25, -0.2) is 15.0 Å². The van der Waals surface area contributed by atoms with Gasteiger partial charge in [0.1, 0.15) is 17.2 Å². The minimum Gasteiger partial charge on any atom is -0.463 e. The van der Waals surface area contributed by atoms with E-state index in [1.54, 1.807) is 18.7 Å². The number of furan rings is 2. The van der Waals surface area contributed by atoms with Gasteiger partial charge in [0.2, 0.25) is 5.95 Å². The molecule has 0 saturated heterocycles. The molecule has 0 saturated carbocycles. The van der Waals surface area contributed by atoms with Gasteiger partial charge in [-0.2, -0.15) is 0 Å². The molecule has 0 aliphatic carbocycles. The topological polar surface area (TPSA) is 96.0 Å². The minimum atomic E-state index is 0.515. The molecule has 126 valence electrons. The van der Waals surface area contributed by atoms with Gasteiger partial charge >= 0.3 is 0 Å². The van der Waals surface area contributed by atoms with Crippen LogP contribution in [0.15, 0.2) is 74.9 Å². The molecule has 1 aromatic carbocycles. The van der Waals surface area contributed by atoms with Crippen molar-refractivity contribution in [3.05, 3.63) is 66.9 Å². The van der Waals surface area contributed by atoms with Crippen molar-refractivity contribution in [1.29, 1.82) is 0 Å². The van der Waals surface area contributed by atoms with Crippen molar-refractivity contribution in [3.63, 3.8) is 0 Å². The summed E-state index contributed by atoms with van der Waals surface area (Å²) in [6.07, 6.45) is 4.85. The van der Waals surface area contributed by atoms with Gasteiger partial charge in [0.25, 0.3) is 0 Å². The van der Waals surface area contributed by atoms with Gasteiger partial charge in [0.15, 0.2) is 11.5 Å². The van der Waals surface area contributed by atoms with Gasteiger partial charge in [-0.3, -0.25) is 0 Å². The Balaban J connectivity index is 1.54. The second-order valence-corrected chi connectivity index (χ2v) is 5.64. The number of H-pyrrole nitrogens is 2. The molecule has 4 aromatic heterocycles. The number of aromatic nitrogens is 4. The Kier molecular flexibility index (Phi) is 3.28. The minimum absolute atomic E-state index is 0.515. The molecule has 0 fully saturated rings. The van der Waals surface area contributed by atoms with Gasteiger partial charge in [-0.15, -0.1) is 0 Å². The number of nitrogens with one attached hydrogen (secondary N) is 2. The lowest BCUT2D eigenvalue weighted by Crippen LogP contribution is -1.84. The first-order valence-corrected chi connectivity index (χ1v) is 8.03. The maximum Gasteiger partial charge on any atom is 0.227 e. The first-order chi connectivity index (χ1) is 12.9. The Morgan fingerprint density at radius 3 is 2.42 bits per heavy atom. The standard InChI is InChI=1S/C19H13N5O2/c1-2-6-13-12(5-1)21-19(22-13)20-11-16-23-17(14-7-3-9-25-14)18(24-16)15-8-4-10-26-15/h1-11H,(H,21,22)(H,23,24). The van der Waals surface area contributed by atoms with Crippen molar-refractivity contribution in [2.45, 2.75) is 0 Å². The largest absolute Gasteiger partial charge is 0.463 e. The Labute approximate surface area is 147 Å². The van der Waals surface area contributed by atoms with E-state index in [0.29, 0.717) is 29.0 Å². The van der Waals surface area contributed by atoms with E-state index in [-0.39, 0.29) is 0 Å². The highest BCUT2D eigenvalue weighted by atomic mass is 16.3. The zero-order valence-electron chi connectivity index (χ0n) is 13.5. The van der Waals surface area contributed by atoms with Crippen molar-refractivity contribution in [2.75, 3.05) is 0 Å². The number of para-hydroxylation sites is 2. The summed E-state index contributed by atoms with van der Waals surface area (Å²) >= 11 is 0. The molecule has 0 bridgehead atoms. The van der Waals surface area contributed by atoms with Crippen LogP contribution in [-0.4, -0.2) is 26.2 Å². The Hall–Kier alpha value is -3.87. The predicted octanol–water partition coefficient (Wildman–Crippen LogP) is 4.56. The third-order valence-corrected chi connectivity index (χ3v) is 3.93. The molecule has 0 aliphatic heterocycles. The lowest BCUT2D eigenvalue weighted by Gasteiger charge is -1.95. The molecular weight excluding hydrogens is 330 g/mol. The quantitative estimate of drug-likeness (QED) is 0.468. The average Bonchev–Trinajstić information content (AvgIpc) is 3.46. The second kappa shape index (κ2) is 5.89. The number of fused-ring (bicyclic) bond motifs is 1. The van der Waals surface area contributed by atoms with Crippen molar-refractivity contribution in [3.8, 4) is 22.9 Å². The van der Waals surface area contributed by atoms with Crippen LogP contribution < -0.4 is 0 Å². The highest BCUT2D eigenvalue weighted by Crippen LogP contribution is 2.30. The smallest absolute Gasteiger partial charge is 0.227 e. The van der Waals surface area contributed by atoms with Crippen LogP contribution in [0.1, 0.15) is 5.82 Å². The molecule has 0 aliphatic rings. The van der Waals surface area contributed by atoms with Crippen LogP contribution in [0, 0.1) is 0 Å². The monoisotopic (exact) mass is 343 g/mol. The number of aliphatic imine (C=N–C) groups is 1. The molecule has 0 radical (unpaired) electrons. The lowest BCUT2D eigenvalue weighted by molar-refractivity contribution is 0.573. The summed E-state index contributed by atoms with van der Waals surface area (Å²) in [5, 5.41) is 0. The van der Waals surface area contributed by atoms with E-state index in [2.05, 4.69) is 24.9 Å². The fraction of sp³-hybridized carbons (Fsp3) is 0. The lowest BCUT2D eigenvalue weighted by atomic mass is 10.2. The SMILES string of the molecule is C(=Nc1nc2ccccc2[nH]1)c1nc(-c2ccco2)c(-c2ccco2)[nH]1. The summed E-state index contributed by atoms with van der Waals surface area (Å²) in [5.41, 5.74) is 3.20. The number of benzene rings is 1. The van der Waals surface area contributed by atoms with Gasteiger partial charge in [-0.1, -0.05) is 12.1 Å². The molecule has 2 N–H and O–H groups in total. The van der Waals surface area contributed by atoms with Crippen molar-refractivity contribution < 1.29 is 8.83 Å². The molecule has 0 spiro atoms. The number of hydrogen-bond acceptors (Lipinski definition) is 5. The van der Waals surface area contributed by atoms with E-state index >= 15 is 0 Å². The van der Waals surface area contributed by atoms with E-state index in [0.717, 1.165) is 16.7 Å². The van der Waals surface area contributed by atoms with E-state index in [1.807, 2.05) is 48.5 Å². The third-order valence-electron chi connectivity index (χ3n) is 3.93. The van der Waals surface area contributed by atoms with Crippen molar-refractivity contribution in [2.24, 2.45) is 4.99 Å². The highest BCUT2D eigenvalue weighted by molar-refractivity contribution is 5.84. The molecule has 7 nitrogen and oxygen atoms in total. The van der Waals surface area contributed by atoms with Crippen LogP contribution in [0.25, 0.3) is 33.9 Å². The molecule has 0 amide bonds. The van der Waals surface area contributed by atoms with Crippen LogP contribution in [0.2, 0.25) is 0 Å². The molecule has 0 unspecified atom stereocenters. The zero-order valence-corrected chi connectivity index (χ0v) is 13.5. The molecule has 0 atom stereocenters. The van der Waals surface area contributed by atoms with E-state index in [1.165, 1.54) is 0 Å². The van der Waals surface area contributed by atoms with E-state index in [9.17, 15) is 0 Å². The molecule has 4 heterocycles. The van der Waals surface area contributed by atoms with Gasteiger partial charge in [0.05, 0.1) is 29.8 Å². The third kappa shape index (κ3) is 2.51. The molecule has 26 heavy (non-hydrogen) atoms. The fourth-order valence-electron chi connectivity index (χ4n) is 2.77. The molecular formula is C19H13N5O2. The summed E-state index contributed by atoms with van der Waals surface area (Å²) in [7, 11) is 0. The highest BCUT2D eigenvalue weighted by Gasteiger charge is 2.17. The van der Waals surface area contributed by atoms with E-state index < -0.39 is 0 Å². The Bertz CT molecular complexity index is 1100. The number of aromatic amines is 2. The van der Waals surface area contributed by atoms with Gasteiger partial charge in [0, 0.05) is 0 Å². The fourth-order valence-corrected chi connectivity index (χ4v) is 2.77. The number of hydrogen-bond donors (Lipinski definition) is 2. The first-order valence-electron chi connectivity index (χ1n) is 8.03. The van der Waals surface area contributed by atoms with Crippen molar-refractivity contribution >= 4 is 23.2 Å². The van der Waals surface area contributed by atoms with E-state index in [4.69, 9.17) is 8.83 Å². The summed E-state index contributed by atoms with van der Waals surface area (Å²) in [5.74, 6) is 2.41. The molecule has 5 aromatic rings. The number of nitrogens with zero attached hydrogens (tertiary/aromatic N) is 3. The maximum absolute atomic E-state index is 5.50. The van der Waals surface area contributed by atoms with Gasteiger partial charge in [-0.05, 0) is 36.4 Å². The summed E-state index contributed by atoms with van der Waals surface area (Å²) in [6.45, 7) is 0. The van der Waals surface area contributed by atoms with Crippen LogP contribution >= 0.6 is 0 Å². The summed E-state index contributed by atoms with van der Waals surface area (Å²) < 4.78 is 11.0. The van der Waals surface area contributed by atoms with Gasteiger partial charge < -0.3 is 18.8 Å². The van der Waals surface area contributed by atoms with Crippen LogP contribution in [0.5, 0.6) is 0 Å². The normalized spacial score (nSPS) is 11.7. The molecule has 7 heteroatoms. The zero-order chi connectivity index (χ0) is 17.3. The average molecular weight is 343 g/mol. The van der Waals surface area contributed by atoms with Crippen LogP contribution in [-0.2, 0) is 0 Å². The van der Waals surface area contributed by atoms with Crippen LogP contribution in [0.3, 0.4) is 0 Å². The summed E-state index contributed by atoms with van der Waals surface area (Å²) in [4.78, 5) is 19.8. The number of rotatable bonds is 4. The Morgan fingerprint density at radius 2 is 1.65 bits per heavy atom. The number of imidazole rings is 2. The molecule has 5 rings (SSSR count). The van der Waals surface area contributed by atoms with Crippen LogP contribution in [0.4, 0.5) is 5.95 Å². The maximum atomic E-state index is 5.50. The Morgan fingerprint density at radius 1 is 0.846 bits per heavy atom. The summed E-state index contributed by atoms with van der Waals surface area (Å²) in [6, 6.07) is 15.1. The predicted molar refractivity (Wildman–Crippen MR) is 97.3 cm³/mol.